The van der Waals surface area contributed by atoms with Crippen LogP contribution in [0.3, 0.4) is 0 Å². The summed E-state index contributed by atoms with van der Waals surface area (Å²) in [6.07, 6.45) is 0. The Bertz CT molecular complexity index is 825. The third-order valence-corrected chi connectivity index (χ3v) is 6.00. The Morgan fingerprint density at radius 3 is 2.45 bits per heavy atom. The van der Waals surface area contributed by atoms with Crippen LogP contribution in [0, 0.1) is 19.8 Å². The Hall–Kier alpha value is -2.06. The second-order valence-electron chi connectivity index (χ2n) is 7.90. The van der Waals surface area contributed by atoms with E-state index in [-0.39, 0.29) is 11.2 Å². The largest absolute Gasteiger partial charge is 0.378 e. The Balaban J connectivity index is 1.76. The molecule has 7 nitrogen and oxygen atoms in total. The first-order valence-electron chi connectivity index (χ1n) is 10.2. The minimum atomic E-state index is -0.290. The highest BCUT2D eigenvalue weighted by molar-refractivity contribution is 8.00. The number of morpholine rings is 1. The van der Waals surface area contributed by atoms with Crippen LogP contribution in [0.5, 0.6) is 0 Å². The first kappa shape index (κ1) is 21.6. The molecule has 0 bridgehead atoms. The van der Waals surface area contributed by atoms with Crippen molar-refractivity contribution in [1.82, 2.24) is 14.8 Å². The van der Waals surface area contributed by atoms with E-state index in [1.807, 2.05) is 39.0 Å². The summed E-state index contributed by atoms with van der Waals surface area (Å²) in [6.45, 7) is 14.1. The van der Waals surface area contributed by atoms with E-state index in [1.165, 1.54) is 11.8 Å². The van der Waals surface area contributed by atoms with Gasteiger partial charge >= 0.3 is 0 Å². The summed E-state index contributed by atoms with van der Waals surface area (Å²) in [5, 5.41) is 12.4. The summed E-state index contributed by atoms with van der Waals surface area (Å²) in [5.41, 5.74) is 3.02. The van der Waals surface area contributed by atoms with Crippen LogP contribution in [0.4, 0.5) is 11.6 Å². The number of carbonyl (C=O) groups excluding carboxylic acids is 1. The average Bonchev–Trinajstić information content (AvgIpc) is 3.07. The van der Waals surface area contributed by atoms with Crippen molar-refractivity contribution in [1.29, 1.82) is 0 Å². The predicted molar refractivity (Wildman–Crippen MR) is 118 cm³/mol. The number of aromatic nitrogens is 3. The zero-order chi connectivity index (χ0) is 21.0. The molecule has 1 atom stereocenters. The standard InChI is InChI=1S/C21H31N5O2S/c1-14(2)13-26-20(25-9-11-28-12-10-25)23-24-21(26)29-17(5)19(27)22-18-15(3)7-6-8-16(18)4/h6-8,14,17H,9-13H2,1-5H3,(H,22,27). The molecular weight excluding hydrogens is 386 g/mol. The van der Waals surface area contributed by atoms with Gasteiger partial charge in [0.05, 0.1) is 18.5 Å². The van der Waals surface area contributed by atoms with Gasteiger partial charge in [0, 0.05) is 25.3 Å². The van der Waals surface area contributed by atoms with Gasteiger partial charge in [-0.15, -0.1) is 10.2 Å². The molecule has 1 fully saturated rings. The molecule has 1 aliphatic rings. The number of amides is 1. The average molecular weight is 418 g/mol. The van der Waals surface area contributed by atoms with Gasteiger partial charge in [-0.1, -0.05) is 43.8 Å². The van der Waals surface area contributed by atoms with Crippen molar-refractivity contribution >= 4 is 29.3 Å². The van der Waals surface area contributed by atoms with Crippen LogP contribution < -0.4 is 10.2 Å². The third-order valence-electron chi connectivity index (χ3n) is 4.92. The van der Waals surface area contributed by atoms with E-state index < -0.39 is 0 Å². The number of anilines is 2. The Labute approximate surface area is 177 Å². The number of nitrogens with one attached hydrogen (secondary N) is 1. The molecule has 8 heteroatoms. The smallest absolute Gasteiger partial charge is 0.237 e. The van der Waals surface area contributed by atoms with E-state index in [0.29, 0.717) is 19.1 Å². The molecule has 0 aliphatic carbocycles. The number of hydrogen-bond donors (Lipinski definition) is 1. The number of benzene rings is 1. The minimum absolute atomic E-state index is 0.0283. The number of aryl methyl sites for hydroxylation is 2. The van der Waals surface area contributed by atoms with Crippen molar-refractivity contribution in [3.8, 4) is 0 Å². The van der Waals surface area contributed by atoms with E-state index in [1.54, 1.807) is 0 Å². The van der Waals surface area contributed by atoms with Crippen molar-refractivity contribution < 1.29 is 9.53 Å². The van der Waals surface area contributed by atoms with Crippen molar-refractivity contribution in [2.45, 2.75) is 51.6 Å². The highest BCUT2D eigenvalue weighted by Gasteiger charge is 2.24. The maximum absolute atomic E-state index is 12.8. The van der Waals surface area contributed by atoms with Crippen LogP contribution in [-0.2, 0) is 16.1 Å². The van der Waals surface area contributed by atoms with E-state index in [4.69, 9.17) is 4.74 Å². The zero-order valence-electron chi connectivity index (χ0n) is 17.9. The SMILES string of the molecule is Cc1cccc(C)c1NC(=O)C(C)Sc1nnc(N2CCOCC2)n1CC(C)C. The predicted octanol–water partition coefficient (Wildman–Crippen LogP) is 3.51. The van der Waals surface area contributed by atoms with E-state index in [0.717, 1.165) is 47.6 Å². The van der Waals surface area contributed by atoms with Crippen LogP contribution in [0.1, 0.15) is 31.9 Å². The molecule has 3 rings (SSSR count). The van der Waals surface area contributed by atoms with Crippen LogP contribution in [0.15, 0.2) is 23.4 Å². The number of thioether (sulfide) groups is 1. The van der Waals surface area contributed by atoms with Gasteiger partial charge in [0.15, 0.2) is 5.16 Å². The summed E-state index contributed by atoms with van der Waals surface area (Å²) in [6, 6.07) is 6.02. The van der Waals surface area contributed by atoms with Crippen molar-refractivity contribution in [2.24, 2.45) is 5.92 Å². The van der Waals surface area contributed by atoms with Gasteiger partial charge in [0.25, 0.3) is 0 Å². The third kappa shape index (κ3) is 5.30. The molecule has 0 radical (unpaired) electrons. The lowest BCUT2D eigenvalue weighted by Gasteiger charge is -2.28. The van der Waals surface area contributed by atoms with Gasteiger partial charge in [-0.25, -0.2) is 0 Å². The monoisotopic (exact) mass is 417 g/mol. The molecule has 1 aliphatic heterocycles. The van der Waals surface area contributed by atoms with Crippen LogP contribution >= 0.6 is 11.8 Å². The normalized spacial score (nSPS) is 15.6. The van der Waals surface area contributed by atoms with Crippen molar-refractivity contribution in [3.63, 3.8) is 0 Å². The number of rotatable bonds is 7. The zero-order valence-corrected chi connectivity index (χ0v) is 18.8. The molecule has 1 aromatic heterocycles. The quantitative estimate of drug-likeness (QED) is 0.695. The molecule has 0 saturated carbocycles. The van der Waals surface area contributed by atoms with Gasteiger partial charge in [-0.2, -0.15) is 0 Å². The maximum atomic E-state index is 12.8. The highest BCUT2D eigenvalue weighted by Crippen LogP contribution is 2.28. The van der Waals surface area contributed by atoms with Gasteiger partial charge in [0.2, 0.25) is 11.9 Å². The van der Waals surface area contributed by atoms with Crippen LogP contribution in [0.25, 0.3) is 0 Å². The van der Waals surface area contributed by atoms with Crippen molar-refractivity contribution in [2.75, 3.05) is 36.5 Å². The van der Waals surface area contributed by atoms with Gasteiger partial charge in [-0.3, -0.25) is 9.36 Å². The molecule has 0 spiro atoms. The Morgan fingerprint density at radius 2 is 1.83 bits per heavy atom. The first-order chi connectivity index (χ1) is 13.9. The topological polar surface area (TPSA) is 72.3 Å². The number of nitrogens with zero attached hydrogens (tertiary/aromatic N) is 4. The lowest BCUT2D eigenvalue weighted by atomic mass is 10.1. The summed E-state index contributed by atoms with van der Waals surface area (Å²) in [4.78, 5) is 15.1. The summed E-state index contributed by atoms with van der Waals surface area (Å²) < 4.78 is 7.61. The molecule has 158 valence electrons. The molecule has 29 heavy (non-hydrogen) atoms. The van der Waals surface area contributed by atoms with Gasteiger partial charge in [0.1, 0.15) is 0 Å². The molecule has 2 aromatic rings. The lowest BCUT2D eigenvalue weighted by Crippen LogP contribution is -2.38. The fourth-order valence-electron chi connectivity index (χ4n) is 3.34. The molecule has 1 saturated heterocycles. The molecule has 1 aromatic carbocycles. The first-order valence-corrected chi connectivity index (χ1v) is 11.0. The van der Waals surface area contributed by atoms with E-state index in [9.17, 15) is 4.79 Å². The van der Waals surface area contributed by atoms with Crippen molar-refractivity contribution in [3.05, 3.63) is 29.3 Å². The molecule has 1 N–H and O–H groups in total. The number of para-hydroxylation sites is 1. The molecular formula is C21H31N5O2S. The van der Waals surface area contributed by atoms with Gasteiger partial charge < -0.3 is 15.0 Å². The summed E-state index contributed by atoms with van der Waals surface area (Å²) in [5.74, 6) is 1.29. The van der Waals surface area contributed by atoms with E-state index >= 15 is 0 Å². The Kier molecular flexibility index (Phi) is 7.18. The maximum Gasteiger partial charge on any atom is 0.237 e. The number of ether oxygens (including phenoxy) is 1. The Morgan fingerprint density at radius 1 is 1.17 bits per heavy atom. The molecule has 2 heterocycles. The summed E-state index contributed by atoms with van der Waals surface area (Å²) in [7, 11) is 0. The van der Waals surface area contributed by atoms with E-state index in [2.05, 4.69) is 38.8 Å². The second kappa shape index (κ2) is 9.63. The fraction of sp³-hybridized carbons (Fsp3) is 0.571. The minimum Gasteiger partial charge on any atom is -0.378 e. The second-order valence-corrected chi connectivity index (χ2v) is 9.21. The molecule has 1 unspecified atom stereocenters. The number of carbonyl (C=O) groups is 1. The highest BCUT2D eigenvalue weighted by atomic mass is 32.2. The fourth-order valence-corrected chi connectivity index (χ4v) is 4.19. The number of hydrogen-bond acceptors (Lipinski definition) is 6. The summed E-state index contributed by atoms with van der Waals surface area (Å²) >= 11 is 1.46. The lowest BCUT2D eigenvalue weighted by molar-refractivity contribution is -0.115. The van der Waals surface area contributed by atoms with Gasteiger partial charge in [-0.05, 0) is 37.8 Å². The molecule has 1 amide bonds. The van der Waals surface area contributed by atoms with Crippen LogP contribution in [0.2, 0.25) is 0 Å². The van der Waals surface area contributed by atoms with Crippen LogP contribution in [-0.4, -0.2) is 52.2 Å².